The zero-order valence-electron chi connectivity index (χ0n) is 7.84. The minimum Gasteiger partial charge on any atom is -0.360 e. The van der Waals surface area contributed by atoms with Crippen molar-refractivity contribution in [1.82, 2.24) is 4.98 Å². The van der Waals surface area contributed by atoms with E-state index in [9.17, 15) is 8.42 Å². The molecule has 0 aliphatic heterocycles. The maximum absolute atomic E-state index is 11.2. The van der Waals surface area contributed by atoms with E-state index in [0.717, 1.165) is 5.56 Å². The van der Waals surface area contributed by atoms with E-state index in [-0.39, 0.29) is 4.90 Å². The number of hydrogen-bond acceptors (Lipinski definition) is 2. The van der Waals surface area contributed by atoms with Crippen LogP contribution in [0.25, 0.3) is 11.3 Å². The Bertz CT molecular complexity index is 558. The van der Waals surface area contributed by atoms with E-state index in [1.807, 2.05) is 30.3 Å². The van der Waals surface area contributed by atoms with Crippen LogP contribution in [-0.4, -0.2) is 13.4 Å². The Labute approximate surface area is 87.8 Å². The molecule has 0 fully saturated rings. The van der Waals surface area contributed by atoms with Gasteiger partial charge in [-0.15, -0.1) is 0 Å². The number of sulfonamides is 1. The number of rotatable bonds is 2. The Morgan fingerprint density at radius 2 is 1.73 bits per heavy atom. The first kappa shape index (κ1) is 9.95. The van der Waals surface area contributed by atoms with Crippen molar-refractivity contribution in [2.24, 2.45) is 5.14 Å². The van der Waals surface area contributed by atoms with Gasteiger partial charge in [-0.3, -0.25) is 0 Å². The summed E-state index contributed by atoms with van der Waals surface area (Å²) in [4.78, 5) is 2.99. The van der Waals surface area contributed by atoms with Gasteiger partial charge in [-0.1, -0.05) is 30.3 Å². The zero-order chi connectivity index (χ0) is 10.9. The van der Waals surface area contributed by atoms with E-state index in [1.54, 1.807) is 6.20 Å². The minimum absolute atomic E-state index is 0.119. The second kappa shape index (κ2) is 3.52. The molecule has 0 spiro atoms. The van der Waals surface area contributed by atoms with Crippen LogP contribution in [0.1, 0.15) is 0 Å². The Kier molecular flexibility index (Phi) is 2.34. The topological polar surface area (TPSA) is 76.0 Å². The number of hydrogen-bond donors (Lipinski definition) is 2. The normalized spacial score (nSPS) is 11.5. The van der Waals surface area contributed by atoms with Gasteiger partial charge in [0.05, 0.1) is 5.69 Å². The van der Waals surface area contributed by atoms with Crippen molar-refractivity contribution in [2.45, 2.75) is 4.90 Å². The molecule has 0 amide bonds. The molecule has 1 aromatic carbocycles. The fourth-order valence-corrected chi connectivity index (χ4v) is 2.14. The second-order valence-corrected chi connectivity index (χ2v) is 4.66. The molecule has 0 unspecified atom stereocenters. The van der Waals surface area contributed by atoms with E-state index < -0.39 is 10.0 Å². The molecule has 78 valence electrons. The molecule has 4 nitrogen and oxygen atoms in total. The van der Waals surface area contributed by atoms with Crippen molar-refractivity contribution in [3.05, 3.63) is 42.6 Å². The first-order valence-corrected chi connectivity index (χ1v) is 5.89. The average Bonchev–Trinajstić information content (AvgIpc) is 2.67. The Morgan fingerprint density at radius 3 is 2.33 bits per heavy atom. The van der Waals surface area contributed by atoms with Crippen molar-refractivity contribution < 1.29 is 8.42 Å². The monoisotopic (exact) mass is 222 g/mol. The minimum atomic E-state index is -3.67. The molecular weight excluding hydrogens is 212 g/mol. The van der Waals surface area contributed by atoms with Crippen LogP contribution in [0.4, 0.5) is 0 Å². The summed E-state index contributed by atoms with van der Waals surface area (Å²) in [5.41, 5.74) is 1.32. The summed E-state index contributed by atoms with van der Waals surface area (Å²) in [6.07, 6.45) is 1.56. The SMILES string of the molecule is NS(=O)(=O)c1cc[nH]c1-c1ccccc1. The molecule has 0 bridgehead atoms. The second-order valence-electron chi connectivity index (χ2n) is 3.13. The number of nitrogens with two attached hydrogens (primary N) is 1. The number of benzene rings is 1. The third-order valence-corrected chi connectivity index (χ3v) is 3.03. The highest BCUT2D eigenvalue weighted by molar-refractivity contribution is 7.89. The smallest absolute Gasteiger partial charge is 0.240 e. The summed E-state index contributed by atoms with van der Waals surface area (Å²) >= 11 is 0. The van der Waals surface area contributed by atoms with E-state index in [1.165, 1.54) is 6.07 Å². The van der Waals surface area contributed by atoms with E-state index in [2.05, 4.69) is 4.98 Å². The van der Waals surface area contributed by atoms with Crippen LogP contribution in [0.5, 0.6) is 0 Å². The van der Waals surface area contributed by atoms with Crippen LogP contribution in [0.15, 0.2) is 47.5 Å². The first-order chi connectivity index (χ1) is 7.09. The van der Waals surface area contributed by atoms with Gasteiger partial charge >= 0.3 is 0 Å². The fourth-order valence-electron chi connectivity index (χ4n) is 1.42. The van der Waals surface area contributed by atoms with Crippen LogP contribution in [0.3, 0.4) is 0 Å². The van der Waals surface area contributed by atoms with Crippen LogP contribution in [-0.2, 0) is 10.0 Å². The van der Waals surface area contributed by atoms with Gasteiger partial charge in [0.2, 0.25) is 10.0 Å². The predicted octanol–water partition coefficient (Wildman–Crippen LogP) is 1.33. The van der Waals surface area contributed by atoms with Gasteiger partial charge in [-0.25, -0.2) is 13.6 Å². The zero-order valence-corrected chi connectivity index (χ0v) is 8.66. The fraction of sp³-hybridized carbons (Fsp3) is 0. The number of primary sulfonamides is 1. The largest absolute Gasteiger partial charge is 0.360 e. The van der Waals surface area contributed by atoms with Gasteiger partial charge in [-0.2, -0.15) is 0 Å². The third kappa shape index (κ3) is 1.93. The predicted molar refractivity (Wildman–Crippen MR) is 57.6 cm³/mol. The van der Waals surface area contributed by atoms with E-state index in [4.69, 9.17) is 5.14 Å². The third-order valence-electron chi connectivity index (χ3n) is 2.08. The van der Waals surface area contributed by atoms with Crippen LogP contribution < -0.4 is 5.14 Å². The maximum atomic E-state index is 11.2. The number of nitrogens with one attached hydrogen (secondary N) is 1. The standard InChI is InChI=1S/C10H10N2O2S/c11-15(13,14)9-6-7-12-10(9)8-4-2-1-3-5-8/h1-7,12H,(H2,11,13,14). The van der Waals surface area contributed by atoms with Gasteiger partial charge in [0.25, 0.3) is 0 Å². The summed E-state index contributed by atoms with van der Waals surface area (Å²) in [5, 5.41) is 5.09. The van der Waals surface area contributed by atoms with Crippen molar-refractivity contribution in [3.8, 4) is 11.3 Å². The molecule has 15 heavy (non-hydrogen) atoms. The number of H-pyrrole nitrogens is 1. The number of aromatic nitrogens is 1. The Hall–Kier alpha value is -1.59. The van der Waals surface area contributed by atoms with Gasteiger partial charge in [0, 0.05) is 6.20 Å². The van der Waals surface area contributed by atoms with Gasteiger partial charge in [-0.05, 0) is 11.6 Å². The summed E-state index contributed by atoms with van der Waals surface area (Å²) in [6, 6.07) is 10.6. The van der Waals surface area contributed by atoms with Crippen molar-refractivity contribution in [1.29, 1.82) is 0 Å². The lowest BCUT2D eigenvalue weighted by Crippen LogP contribution is -2.12. The van der Waals surface area contributed by atoms with Crippen molar-refractivity contribution in [3.63, 3.8) is 0 Å². The lowest BCUT2D eigenvalue weighted by Gasteiger charge is -2.01. The van der Waals surface area contributed by atoms with E-state index in [0.29, 0.717) is 5.69 Å². The maximum Gasteiger partial charge on any atom is 0.240 e. The lowest BCUT2D eigenvalue weighted by molar-refractivity contribution is 0.598. The molecule has 0 radical (unpaired) electrons. The molecule has 5 heteroatoms. The summed E-state index contributed by atoms with van der Waals surface area (Å²) < 4.78 is 22.5. The average molecular weight is 222 g/mol. The highest BCUT2D eigenvalue weighted by Gasteiger charge is 2.15. The first-order valence-electron chi connectivity index (χ1n) is 4.34. The van der Waals surface area contributed by atoms with Gasteiger partial charge < -0.3 is 4.98 Å². The summed E-state index contributed by atoms with van der Waals surface area (Å²) in [5.74, 6) is 0. The lowest BCUT2D eigenvalue weighted by atomic mass is 10.2. The molecule has 1 aromatic heterocycles. The quantitative estimate of drug-likeness (QED) is 0.804. The molecule has 2 rings (SSSR count). The van der Waals surface area contributed by atoms with Crippen LogP contribution in [0.2, 0.25) is 0 Å². The molecule has 0 aliphatic rings. The molecule has 0 atom stereocenters. The highest BCUT2D eigenvalue weighted by Crippen LogP contribution is 2.24. The summed E-state index contributed by atoms with van der Waals surface area (Å²) in [6.45, 7) is 0. The van der Waals surface area contributed by atoms with Crippen molar-refractivity contribution >= 4 is 10.0 Å². The molecule has 3 N–H and O–H groups in total. The summed E-state index contributed by atoms with van der Waals surface area (Å²) in [7, 11) is -3.67. The molecule has 0 saturated carbocycles. The van der Waals surface area contributed by atoms with Crippen molar-refractivity contribution in [2.75, 3.05) is 0 Å². The van der Waals surface area contributed by atoms with Crippen LogP contribution >= 0.6 is 0 Å². The number of aromatic amines is 1. The Balaban J connectivity index is 2.61. The molecule has 2 aromatic rings. The van der Waals surface area contributed by atoms with Gasteiger partial charge in [0.1, 0.15) is 4.90 Å². The Morgan fingerprint density at radius 1 is 1.07 bits per heavy atom. The molecule has 0 saturated heterocycles. The highest BCUT2D eigenvalue weighted by atomic mass is 32.2. The van der Waals surface area contributed by atoms with Gasteiger partial charge in [0.15, 0.2) is 0 Å². The van der Waals surface area contributed by atoms with Crippen LogP contribution in [0, 0.1) is 0 Å². The van der Waals surface area contributed by atoms with E-state index >= 15 is 0 Å². The molecular formula is C10H10N2O2S. The molecule has 0 aliphatic carbocycles. The molecule has 1 heterocycles.